The van der Waals surface area contributed by atoms with E-state index in [-0.39, 0.29) is 10.5 Å². The van der Waals surface area contributed by atoms with Crippen molar-refractivity contribution in [2.24, 2.45) is 13.7 Å². The second kappa shape index (κ2) is 4.88. The van der Waals surface area contributed by atoms with Crippen LogP contribution in [-0.2, 0) is 10.1 Å². The van der Waals surface area contributed by atoms with E-state index in [4.69, 9.17) is 4.55 Å². The monoisotopic (exact) mass is 293 g/mol. The first-order chi connectivity index (χ1) is 8.29. The smallest absolute Gasteiger partial charge is 0.282 e. The minimum Gasteiger partial charge on any atom is -0.282 e. The molecule has 0 aliphatic rings. The van der Waals surface area contributed by atoms with Crippen LogP contribution in [0.1, 0.15) is 5.56 Å². The van der Waals surface area contributed by atoms with Gasteiger partial charge >= 0.3 is 0 Å². The molecule has 1 aromatic carbocycles. The molecule has 1 rings (SSSR count). The lowest BCUT2D eigenvalue weighted by Crippen LogP contribution is -2.00. The van der Waals surface area contributed by atoms with Crippen molar-refractivity contribution in [1.29, 1.82) is 0 Å². The standard InChI is InChI=1S/C7H7N3O6S2/c1-5-2-6(17(8-11,9-12)10-13)4-7(3-5)18(14,15)16/h2-4H,1H3,(H,14,15,16). The van der Waals surface area contributed by atoms with Crippen LogP contribution in [0.5, 0.6) is 0 Å². The molecular formula is C7H7N3O6S2. The predicted octanol–water partition coefficient (Wildman–Crippen LogP) is 2.45. The number of hydrogen-bond acceptors (Lipinski definition) is 8. The number of nitrogens with zero attached hydrogens (tertiary/aromatic N) is 3. The average Bonchev–Trinajstić information content (AvgIpc) is 2.30. The molecule has 9 nitrogen and oxygen atoms in total. The molecule has 98 valence electrons. The summed E-state index contributed by atoms with van der Waals surface area (Å²) >= 11 is 0. The molecule has 0 spiro atoms. The molecule has 0 saturated carbocycles. The Labute approximate surface area is 103 Å². The van der Waals surface area contributed by atoms with Crippen molar-refractivity contribution < 1.29 is 13.0 Å². The van der Waals surface area contributed by atoms with Gasteiger partial charge in [-0.1, -0.05) is 0 Å². The highest BCUT2D eigenvalue weighted by Crippen LogP contribution is 2.59. The van der Waals surface area contributed by atoms with E-state index >= 15 is 0 Å². The van der Waals surface area contributed by atoms with Crippen LogP contribution in [0.15, 0.2) is 41.7 Å². The Bertz CT molecular complexity index is 592. The van der Waals surface area contributed by atoms with Crippen LogP contribution in [0.2, 0.25) is 0 Å². The molecule has 0 aromatic heterocycles. The zero-order valence-corrected chi connectivity index (χ0v) is 10.5. The number of aryl methyl sites for hydroxylation is 1. The second-order valence-corrected chi connectivity index (χ2v) is 6.58. The van der Waals surface area contributed by atoms with Crippen molar-refractivity contribution in [1.82, 2.24) is 0 Å². The van der Waals surface area contributed by atoms with Crippen molar-refractivity contribution in [2.75, 3.05) is 0 Å². The van der Waals surface area contributed by atoms with Gasteiger partial charge in [-0.15, -0.1) is 14.7 Å². The van der Waals surface area contributed by atoms with Gasteiger partial charge in [0.15, 0.2) is 10.6 Å². The van der Waals surface area contributed by atoms with Crippen molar-refractivity contribution in [3.8, 4) is 0 Å². The van der Waals surface area contributed by atoms with Crippen LogP contribution in [0, 0.1) is 21.6 Å². The van der Waals surface area contributed by atoms with Gasteiger partial charge in [0, 0.05) is 13.7 Å². The van der Waals surface area contributed by atoms with E-state index in [1.54, 1.807) is 0 Å². The van der Waals surface area contributed by atoms with Gasteiger partial charge in [0.25, 0.3) is 10.1 Å². The van der Waals surface area contributed by atoms with E-state index in [0.29, 0.717) is 0 Å². The van der Waals surface area contributed by atoms with Crippen molar-refractivity contribution in [3.05, 3.63) is 38.5 Å². The van der Waals surface area contributed by atoms with Crippen molar-refractivity contribution >= 4 is 20.7 Å². The Morgan fingerprint density at radius 1 is 0.944 bits per heavy atom. The van der Waals surface area contributed by atoms with Crippen LogP contribution < -0.4 is 0 Å². The normalized spacial score (nSPS) is 12.8. The maximum Gasteiger partial charge on any atom is 0.294 e. The first kappa shape index (κ1) is 14.3. The molecule has 0 amide bonds. The Morgan fingerprint density at radius 3 is 1.78 bits per heavy atom. The summed E-state index contributed by atoms with van der Waals surface area (Å²) in [4.78, 5) is 30.7. The fourth-order valence-electron chi connectivity index (χ4n) is 1.19. The molecule has 0 bridgehead atoms. The minimum atomic E-state index is -4.55. The maximum absolute atomic E-state index is 11.0. The number of rotatable bonds is 5. The van der Waals surface area contributed by atoms with Crippen LogP contribution in [0.25, 0.3) is 0 Å². The molecule has 0 aliphatic carbocycles. The van der Waals surface area contributed by atoms with E-state index < -0.39 is 25.6 Å². The molecule has 0 unspecified atom stereocenters. The Morgan fingerprint density at radius 2 is 1.39 bits per heavy atom. The highest BCUT2D eigenvalue weighted by molar-refractivity contribution is 8.30. The van der Waals surface area contributed by atoms with E-state index in [1.165, 1.54) is 13.0 Å². The Hall–Kier alpha value is -1.72. The van der Waals surface area contributed by atoms with Gasteiger partial charge in [0.05, 0.1) is 9.79 Å². The van der Waals surface area contributed by atoms with E-state index in [0.717, 1.165) is 12.1 Å². The molecule has 1 N–H and O–H groups in total. The van der Waals surface area contributed by atoms with Gasteiger partial charge < -0.3 is 0 Å². The second-order valence-electron chi connectivity index (χ2n) is 3.20. The number of benzene rings is 1. The fourth-order valence-corrected chi connectivity index (χ4v) is 2.85. The minimum absolute atomic E-state index is 0.285. The van der Waals surface area contributed by atoms with Crippen LogP contribution in [-0.4, -0.2) is 13.0 Å². The summed E-state index contributed by atoms with van der Waals surface area (Å²) in [5, 5.41) is 0. The summed E-state index contributed by atoms with van der Waals surface area (Å²) < 4.78 is 37.7. The summed E-state index contributed by atoms with van der Waals surface area (Å²) in [7, 11) is -8.31. The first-order valence-electron chi connectivity index (χ1n) is 4.25. The lowest BCUT2D eigenvalue weighted by Gasteiger charge is -2.15. The maximum atomic E-state index is 11.0. The highest BCUT2D eigenvalue weighted by atomic mass is 32.3. The van der Waals surface area contributed by atoms with Gasteiger partial charge in [0.2, 0.25) is 0 Å². The first-order valence-corrected chi connectivity index (χ1v) is 7.20. The molecule has 11 heteroatoms. The molecule has 0 saturated heterocycles. The van der Waals surface area contributed by atoms with Crippen LogP contribution in [0.3, 0.4) is 0 Å². The Balaban J connectivity index is 3.61. The molecule has 0 aliphatic heterocycles. The quantitative estimate of drug-likeness (QED) is 0.652. The lowest BCUT2D eigenvalue weighted by molar-refractivity contribution is 0.483. The van der Waals surface area contributed by atoms with Gasteiger partial charge in [-0.25, -0.2) is 0 Å². The Kier molecular flexibility index (Phi) is 3.88. The van der Waals surface area contributed by atoms with Crippen LogP contribution >= 0.6 is 10.6 Å². The highest BCUT2D eigenvalue weighted by Gasteiger charge is 2.32. The molecule has 0 heterocycles. The van der Waals surface area contributed by atoms with Gasteiger partial charge in [-0.3, -0.25) is 4.55 Å². The summed E-state index contributed by atoms with van der Waals surface area (Å²) in [5.74, 6) is 0. The zero-order valence-electron chi connectivity index (χ0n) is 8.88. The van der Waals surface area contributed by atoms with E-state index in [2.05, 4.69) is 13.7 Å². The van der Waals surface area contributed by atoms with E-state index in [9.17, 15) is 23.1 Å². The lowest BCUT2D eigenvalue weighted by atomic mass is 10.2. The molecule has 18 heavy (non-hydrogen) atoms. The number of nitroso groups, excluding NO2 is 3. The third kappa shape index (κ3) is 2.57. The molecule has 0 fully saturated rings. The number of hydrogen-bond donors (Lipinski definition) is 1. The molecule has 0 radical (unpaired) electrons. The third-order valence-electron chi connectivity index (χ3n) is 1.95. The third-order valence-corrected chi connectivity index (χ3v) is 4.27. The SMILES string of the molecule is Cc1cc(S(N=O)(N=O)N=O)cc(S(=O)(=O)O)c1. The van der Waals surface area contributed by atoms with Gasteiger partial charge in [-0.2, -0.15) is 8.42 Å². The van der Waals surface area contributed by atoms with Crippen molar-refractivity contribution in [3.63, 3.8) is 0 Å². The fraction of sp³-hybridized carbons (Fsp3) is 0.143. The van der Waals surface area contributed by atoms with Gasteiger partial charge in [-0.05, 0) is 30.7 Å². The van der Waals surface area contributed by atoms with Crippen LogP contribution in [0.4, 0.5) is 0 Å². The summed E-state index contributed by atoms with van der Waals surface area (Å²) in [6.07, 6.45) is 0. The van der Waals surface area contributed by atoms with E-state index in [1.807, 2.05) is 0 Å². The largest absolute Gasteiger partial charge is 0.294 e. The summed E-state index contributed by atoms with van der Waals surface area (Å²) in [6, 6.07) is 3.03. The zero-order chi connectivity index (χ0) is 14.0. The molecule has 0 atom stereocenters. The summed E-state index contributed by atoms with van der Waals surface area (Å²) in [6.45, 7) is 1.43. The predicted molar refractivity (Wildman–Crippen MR) is 64.2 cm³/mol. The molecular weight excluding hydrogens is 286 g/mol. The molecule has 1 aromatic rings. The van der Waals surface area contributed by atoms with Gasteiger partial charge in [0.1, 0.15) is 0 Å². The van der Waals surface area contributed by atoms with Crippen molar-refractivity contribution in [2.45, 2.75) is 16.7 Å². The summed E-state index contributed by atoms with van der Waals surface area (Å²) in [5.41, 5.74) is 0.285. The topological polar surface area (TPSA) is 143 Å². The average molecular weight is 293 g/mol.